The van der Waals surface area contributed by atoms with Crippen LogP contribution in [0.15, 0.2) is 6.07 Å². The van der Waals surface area contributed by atoms with Crippen molar-refractivity contribution in [3.8, 4) is 0 Å². The lowest BCUT2D eigenvalue weighted by Gasteiger charge is -2.42. The topological polar surface area (TPSA) is 96.3 Å². The van der Waals surface area contributed by atoms with E-state index in [9.17, 15) is 14.4 Å². The molecule has 2 fully saturated rings. The van der Waals surface area contributed by atoms with Crippen molar-refractivity contribution in [2.45, 2.75) is 65.3 Å². The number of carbonyl (C=O) groups excluding carboxylic acids is 3. The zero-order valence-corrected chi connectivity index (χ0v) is 17.5. The highest BCUT2D eigenvalue weighted by atomic mass is 16.2. The zero-order chi connectivity index (χ0) is 20.7. The molecule has 1 saturated carbocycles. The standard InChI is InChI=1S/C20H31N5O3/c1-6-19(3,4)14-7-9-20(10-8-14)17(27)25(18(28)22-20)12-16(26)21-15-11-13(2)23-24(15)5/h11,14H,6-10,12H2,1-5H3,(H,21,26)(H,22,28). The number of hydrogen-bond donors (Lipinski definition) is 2. The molecule has 2 aliphatic rings. The van der Waals surface area contributed by atoms with Gasteiger partial charge in [-0.2, -0.15) is 5.10 Å². The summed E-state index contributed by atoms with van der Waals surface area (Å²) in [6.07, 6.45) is 4.16. The number of imide groups is 1. The lowest BCUT2D eigenvalue weighted by molar-refractivity contribution is -0.135. The summed E-state index contributed by atoms with van der Waals surface area (Å²) in [6.45, 7) is 8.26. The Morgan fingerprint density at radius 2 is 2.00 bits per heavy atom. The van der Waals surface area contributed by atoms with Crippen molar-refractivity contribution >= 4 is 23.7 Å². The molecule has 0 radical (unpaired) electrons. The number of amides is 4. The number of urea groups is 1. The summed E-state index contributed by atoms with van der Waals surface area (Å²) in [5.41, 5.74) is 0.160. The second-order valence-corrected chi connectivity index (χ2v) is 8.86. The molecule has 28 heavy (non-hydrogen) atoms. The number of aromatic nitrogens is 2. The van der Waals surface area contributed by atoms with Gasteiger partial charge >= 0.3 is 6.03 Å². The lowest BCUT2D eigenvalue weighted by atomic mass is 9.65. The van der Waals surface area contributed by atoms with Crippen LogP contribution in [0.25, 0.3) is 0 Å². The average molecular weight is 390 g/mol. The van der Waals surface area contributed by atoms with Crippen molar-refractivity contribution < 1.29 is 14.4 Å². The van der Waals surface area contributed by atoms with Gasteiger partial charge < -0.3 is 10.6 Å². The Balaban J connectivity index is 1.64. The summed E-state index contributed by atoms with van der Waals surface area (Å²) in [5.74, 6) is 0.385. The molecule has 1 aromatic rings. The normalized spacial score (nSPS) is 25.3. The van der Waals surface area contributed by atoms with Crippen molar-refractivity contribution in [3.63, 3.8) is 0 Å². The summed E-state index contributed by atoms with van der Waals surface area (Å²) in [5, 5.41) is 9.77. The molecule has 0 bridgehead atoms. The molecule has 0 atom stereocenters. The van der Waals surface area contributed by atoms with E-state index in [1.165, 1.54) is 0 Å². The molecule has 154 valence electrons. The van der Waals surface area contributed by atoms with Crippen molar-refractivity contribution in [1.29, 1.82) is 0 Å². The van der Waals surface area contributed by atoms with Crippen LogP contribution in [-0.2, 0) is 16.6 Å². The van der Waals surface area contributed by atoms with Crippen LogP contribution in [0.1, 0.15) is 58.6 Å². The fourth-order valence-corrected chi connectivity index (χ4v) is 4.39. The number of anilines is 1. The third kappa shape index (κ3) is 3.64. The van der Waals surface area contributed by atoms with Crippen LogP contribution in [0.5, 0.6) is 0 Å². The van der Waals surface area contributed by atoms with Crippen molar-refractivity contribution in [3.05, 3.63) is 11.8 Å². The molecule has 1 spiro atoms. The van der Waals surface area contributed by atoms with Crippen LogP contribution in [0.2, 0.25) is 0 Å². The van der Waals surface area contributed by atoms with Gasteiger partial charge in [-0.3, -0.25) is 19.2 Å². The molecule has 8 nitrogen and oxygen atoms in total. The molecule has 0 aromatic carbocycles. The molecular weight excluding hydrogens is 358 g/mol. The fourth-order valence-electron chi connectivity index (χ4n) is 4.39. The molecule has 4 amide bonds. The van der Waals surface area contributed by atoms with Gasteiger partial charge in [0.2, 0.25) is 5.91 Å². The van der Waals surface area contributed by atoms with Crippen molar-refractivity contribution in [2.24, 2.45) is 18.4 Å². The lowest BCUT2D eigenvalue weighted by Crippen LogP contribution is -2.51. The molecule has 1 saturated heterocycles. The maximum Gasteiger partial charge on any atom is 0.325 e. The number of hydrogen-bond acceptors (Lipinski definition) is 4. The van der Waals surface area contributed by atoms with E-state index in [1.807, 2.05) is 6.92 Å². The monoisotopic (exact) mass is 389 g/mol. The minimum Gasteiger partial charge on any atom is -0.323 e. The Kier molecular flexibility index (Phi) is 5.25. The van der Waals surface area contributed by atoms with Gasteiger partial charge in [0.15, 0.2) is 0 Å². The van der Waals surface area contributed by atoms with E-state index < -0.39 is 17.5 Å². The van der Waals surface area contributed by atoms with Gasteiger partial charge in [0.25, 0.3) is 5.91 Å². The van der Waals surface area contributed by atoms with Crippen LogP contribution >= 0.6 is 0 Å². The Hall–Kier alpha value is -2.38. The molecule has 2 N–H and O–H groups in total. The first kappa shape index (κ1) is 20.4. The van der Waals surface area contributed by atoms with Crippen LogP contribution in [0.4, 0.5) is 10.6 Å². The fraction of sp³-hybridized carbons (Fsp3) is 0.700. The van der Waals surface area contributed by atoms with Gasteiger partial charge in [0.1, 0.15) is 17.9 Å². The van der Waals surface area contributed by atoms with E-state index in [2.05, 4.69) is 36.5 Å². The minimum absolute atomic E-state index is 0.230. The molecule has 1 aromatic heterocycles. The number of carbonyl (C=O) groups is 3. The van der Waals surface area contributed by atoms with Crippen LogP contribution in [0.3, 0.4) is 0 Å². The number of aryl methyl sites for hydroxylation is 2. The van der Waals surface area contributed by atoms with Crippen molar-refractivity contribution in [1.82, 2.24) is 20.0 Å². The predicted octanol–water partition coefficient (Wildman–Crippen LogP) is 2.58. The highest BCUT2D eigenvalue weighted by Gasteiger charge is 2.53. The van der Waals surface area contributed by atoms with Crippen LogP contribution < -0.4 is 10.6 Å². The average Bonchev–Trinajstić information content (AvgIpc) is 3.06. The Morgan fingerprint density at radius 1 is 1.36 bits per heavy atom. The maximum absolute atomic E-state index is 13.0. The van der Waals surface area contributed by atoms with Gasteiger partial charge in [-0.15, -0.1) is 0 Å². The van der Waals surface area contributed by atoms with Gasteiger partial charge in [-0.25, -0.2) is 4.79 Å². The first-order chi connectivity index (χ1) is 13.1. The van der Waals surface area contributed by atoms with Gasteiger partial charge in [0, 0.05) is 13.1 Å². The summed E-state index contributed by atoms with van der Waals surface area (Å²) >= 11 is 0. The first-order valence-electron chi connectivity index (χ1n) is 10.0. The zero-order valence-electron chi connectivity index (χ0n) is 17.5. The van der Waals surface area contributed by atoms with Crippen molar-refractivity contribution in [2.75, 3.05) is 11.9 Å². The van der Waals surface area contributed by atoms with Gasteiger partial charge in [0.05, 0.1) is 5.69 Å². The third-order valence-electron chi connectivity index (χ3n) is 6.67. The summed E-state index contributed by atoms with van der Waals surface area (Å²) in [6, 6.07) is 1.26. The Bertz CT molecular complexity index is 790. The largest absolute Gasteiger partial charge is 0.325 e. The third-order valence-corrected chi connectivity index (χ3v) is 6.67. The summed E-state index contributed by atoms with van der Waals surface area (Å²) in [4.78, 5) is 38.9. The van der Waals surface area contributed by atoms with E-state index in [-0.39, 0.29) is 17.9 Å². The molecule has 0 unspecified atom stereocenters. The van der Waals surface area contributed by atoms with Crippen LogP contribution in [-0.4, -0.2) is 44.6 Å². The SMILES string of the molecule is CCC(C)(C)C1CCC2(CC1)NC(=O)N(CC(=O)Nc1cc(C)nn1C)C2=O. The second kappa shape index (κ2) is 7.22. The number of rotatable bonds is 5. The number of nitrogens with zero attached hydrogens (tertiary/aromatic N) is 3. The highest BCUT2D eigenvalue weighted by molar-refractivity contribution is 6.10. The predicted molar refractivity (Wildman–Crippen MR) is 106 cm³/mol. The van der Waals surface area contributed by atoms with E-state index in [4.69, 9.17) is 0 Å². The molecule has 8 heteroatoms. The molecular formula is C20H31N5O3. The van der Waals surface area contributed by atoms with E-state index >= 15 is 0 Å². The van der Waals surface area contributed by atoms with E-state index in [0.29, 0.717) is 24.6 Å². The molecule has 1 aliphatic carbocycles. The van der Waals surface area contributed by atoms with Gasteiger partial charge in [-0.1, -0.05) is 27.2 Å². The molecule has 2 heterocycles. The van der Waals surface area contributed by atoms with Gasteiger partial charge in [-0.05, 0) is 43.9 Å². The first-order valence-corrected chi connectivity index (χ1v) is 10.0. The quantitative estimate of drug-likeness (QED) is 0.757. The van der Waals surface area contributed by atoms with E-state index in [0.717, 1.165) is 29.9 Å². The molecule has 1 aliphatic heterocycles. The van der Waals surface area contributed by atoms with E-state index in [1.54, 1.807) is 17.8 Å². The summed E-state index contributed by atoms with van der Waals surface area (Å²) in [7, 11) is 1.72. The minimum atomic E-state index is -0.846. The number of nitrogens with one attached hydrogen (secondary N) is 2. The summed E-state index contributed by atoms with van der Waals surface area (Å²) < 4.78 is 1.55. The highest BCUT2D eigenvalue weighted by Crippen LogP contribution is 2.45. The smallest absolute Gasteiger partial charge is 0.323 e. The Labute approximate surface area is 166 Å². The maximum atomic E-state index is 13.0. The Morgan fingerprint density at radius 3 is 2.54 bits per heavy atom. The van der Waals surface area contributed by atoms with Crippen LogP contribution in [0, 0.1) is 18.3 Å². The molecule has 3 rings (SSSR count). The second-order valence-electron chi connectivity index (χ2n) is 8.86.